The molecule has 3 heteroatoms. The number of nitrogens with two attached hydrogens (primary N) is 1. The van der Waals surface area contributed by atoms with E-state index in [4.69, 9.17) is 10.5 Å². The van der Waals surface area contributed by atoms with Crippen LogP contribution in [0.5, 0.6) is 5.75 Å². The van der Waals surface area contributed by atoms with E-state index >= 15 is 0 Å². The first-order valence-electron chi connectivity index (χ1n) is 7.86. The molecule has 1 heterocycles. The van der Waals surface area contributed by atoms with Crippen molar-refractivity contribution >= 4 is 0 Å². The Kier molecular flexibility index (Phi) is 5.86. The number of likely N-dealkylation sites (tertiary alicyclic amines) is 1. The maximum absolute atomic E-state index is 6.30. The van der Waals surface area contributed by atoms with Gasteiger partial charge in [0, 0.05) is 12.1 Å². The maximum Gasteiger partial charge on any atom is 0.119 e. The van der Waals surface area contributed by atoms with Crippen molar-refractivity contribution in [2.24, 2.45) is 5.73 Å². The van der Waals surface area contributed by atoms with Crippen molar-refractivity contribution in [2.75, 3.05) is 20.2 Å². The minimum Gasteiger partial charge on any atom is -0.497 e. The lowest BCUT2D eigenvalue weighted by Gasteiger charge is -2.36. The van der Waals surface area contributed by atoms with Crippen LogP contribution < -0.4 is 10.5 Å². The molecule has 1 aromatic rings. The highest BCUT2D eigenvalue weighted by molar-refractivity contribution is 5.31. The second-order valence-corrected chi connectivity index (χ2v) is 5.88. The fraction of sp³-hybridized carbons (Fsp3) is 0.647. The molecule has 1 aromatic carbocycles. The molecule has 1 fully saturated rings. The molecule has 1 aliphatic heterocycles. The number of rotatable bonds is 4. The van der Waals surface area contributed by atoms with Gasteiger partial charge < -0.3 is 10.5 Å². The van der Waals surface area contributed by atoms with Crippen LogP contribution >= 0.6 is 0 Å². The molecule has 0 amide bonds. The first kappa shape index (κ1) is 15.3. The molecule has 2 atom stereocenters. The molecule has 0 bridgehead atoms. The van der Waals surface area contributed by atoms with Crippen LogP contribution in [0.15, 0.2) is 24.3 Å². The van der Waals surface area contributed by atoms with E-state index in [-0.39, 0.29) is 6.04 Å². The van der Waals surface area contributed by atoms with Crippen LogP contribution in [0, 0.1) is 0 Å². The normalized spacial score (nSPS) is 20.8. The molecular formula is C17H28N2O. The molecule has 3 nitrogen and oxygen atoms in total. The summed E-state index contributed by atoms with van der Waals surface area (Å²) in [6, 6.07) is 8.79. The van der Waals surface area contributed by atoms with Gasteiger partial charge in [0.1, 0.15) is 5.75 Å². The lowest BCUT2D eigenvalue weighted by atomic mass is 9.97. The van der Waals surface area contributed by atoms with Gasteiger partial charge in [-0.25, -0.2) is 0 Å². The molecule has 0 spiro atoms. The fourth-order valence-electron chi connectivity index (χ4n) is 3.22. The van der Waals surface area contributed by atoms with Crippen LogP contribution in [0.2, 0.25) is 0 Å². The Morgan fingerprint density at radius 2 is 1.75 bits per heavy atom. The zero-order chi connectivity index (χ0) is 14.4. The van der Waals surface area contributed by atoms with Gasteiger partial charge in [0.25, 0.3) is 0 Å². The molecule has 0 aromatic heterocycles. The molecule has 2 unspecified atom stereocenters. The smallest absolute Gasteiger partial charge is 0.119 e. The monoisotopic (exact) mass is 276 g/mol. The van der Waals surface area contributed by atoms with Crippen molar-refractivity contribution in [3.05, 3.63) is 29.8 Å². The van der Waals surface area contributed by atoms with E-state index in [2.05, 4.69) is 30.0 Å². The van der Waals surface area contributed by atoms with E-state index in [1.807, 2.05) is 6.07 Å². The molecule has 1 aliphatic rings. The number of methoxy groups -OCH3 is 1. The Balaban J connectivity index is 2.19. The summed E-state index contributed by atoms with van der Waals surface area (Å²) in [6.07, 6.45) is 6.65. The fourth-order valence-corrected chi connectivity index (χ4v) is 3.22. The number of hydrogen-bond donors (Lipinski definition) is 1. The number of nitrogens with zero attached hydrogens (tertiary/aromatic N) is 1. The van der Waals surface area contributed by atoms with Crippen LogP contribution in [-0.2, 0) is 0 Å². The molecule has 20 heavy (non-hydrogen) atoms. The summed E-state index contributed by atoms with van der Waals surface area (Å²) in [5, 5.41) is 0. The van der Waals surface area contributed by atoms with Crippen LogP contribution in [0.3, 0.4) is 0 Å². The first-order chi connectivity index (χ1) is 9.72. The Morgan fingerprint density at radius 3 is 2.35 bits per heavy atom. The van der Waals surface area contributed by atoms with Crippen molar-refractivity contribution in [1.29, 1.82) is 0 Å². The standard InChI is InChI=1S/C17H28N2O/c1-14(18)17(15-9-8-10-16(13-15)20-2)19-11-6-4-3-5-7-12-19/h8-10,13-14,17H,3-7,11-12,18H2,1-2H3. The summed E-state index contributed by atoms with van der Waals surface area (Å²) in [4.78, 5) is 2.57. The van der Waals surface area contributed by atoms with Crippen molar-refractivity contribution in [1.82, 2.24) is 4.90 Å². The highest BCUT2D eigenvalue weighted by atomic mass is 16.5. The molecule has 112 valence electrons. The highest BCUT2D eigenvalue weighted by Crippen LogP contribution is 2.28. The Morgan fingerprint density at radius 1 is 1.10 bits per heavy atom. The van der Waals surface area contributed by atoms with E-state index < -0.39 is 0 Å². The summed E-state index contributed by atoms with van der Waals surface area (Å²) >= 11 is 0. The largest absolute Gasteiger partial charge is 0.497 e. The summed E-state index contributed by atoms with van der Waals surface area (Å²) in [5.41, 5.74) is 7.58. The van der Waals surface area contributed by atoms with Gasteiger partial charge in [0.15, 0.2) is 0 Å². The lowest BCUT2D eigenvalue weighted by Crippen LogP contribution is -2.41. The van der Waals surface area contributed by atoms with E-state index in [0.717, 1.165) is 18.8 Å². The summed E-state index contributed by atoms with van der Waals surface area (Å²) in [7, 11) is 1.72. The Hall–Kier alpha value is -1.06. The van der Waals surface area contributed by atoms with E-state index in [0.29, 0.717) is 6.04 Å². The van der Waals surface area contributed by atoms with Gasteiger partial charge in [-0.1, -0.05) is 31.4 Å². The quantitative estimate of drug-likeness (QED) is 0.916. The van der Waals surface area contributed by atoms with Crippen LogP contribution in [-0.4, -0.2) is 31.1 Å². The van der Waals surface area contributed by atoms with Gasteiger partial charge in [-0.15, -0.1) is 0 Å². The van der Waals surface area contributed by atoms with Crippen LogP contribution in [0.25, 0.3) is 0 Å². The molecule has 0 saturated carbocycles. The van der Waals surface area contributed by atoms with Crippen molar-refractivity contribution in [3.63, 3.8) is 0 Å². The zero-order valence-corrected chi connectivity index (χ0v) is 12.8. The van der Waals surface area contributed by atoms with E-state index in [9.17, 15) is 0 Å². The first-order valence-corrected chi connectivity index (χ1v) is 7.86. The van der Waals surface area contributed by atoms with Gasteiger partial charge in [-0.3, -0.25) is 4.90 Å². The van der Waals surface area contributed by atoms with E-state index in [1.54, 1.807) is 7.11 Å². The third kappa shape index (κ3) is 3.97. The van der Waals surface area contributed by atoms with Crippen molar-refractivity contribution < 1.29 is 4.74 Å². The van der Waals surface area contributed by atoms with Crippen LogP contribution in [0.1, 0.15) is 50.6 Å². The summed E-state index contributed by atoms with van der Waals surface area (Å²) < 4.78 is 5.36. The van der Waals surface area contributed by atoms with Gasteiger partial charge in [0.05, 0.1) is 7.11 Å². The summed E-state index contributed by atoms with van der Waals surface area (Å²) in [6.45, 7) is 4.43. The lowest BCUT2D eigenvalue weighted by molar-refractivity contribution is 0.161. The van der Waals surface area contributed by atoms with Crippen molar-refractivity contribution in [2.45, 2.75) is 51.1 Å². The number of ether oxygens (including phenoxy) is 1. The second kappa shape index (κ2) is 7.65. The number of hydrogen-bond acceptors (Lipinski definition) is 3. The second-order valence-electron chi connectivity index (χ2n) is 5.88. The Labute approximate surface area is 123 Å². The molecule has 0 aliphatic carbocycles. The molecule has 0 radical (unpaired) electrons. The minimum absolute atomic E-state index is 0.126. The summed E-state index contributed by atoms with van der Waals surface area (Å²) in [5.74, 6) is 0.917. The molecule has 2 rings (SSSR count). The average Bonchev–Trinajstić information content (AvgIpc) is 2.41. The predicted molar refractivity (Wildman–Crippen MR) is 84.0 cm³/mol. The molecule has 2 N–H and O–H groups in total. The van der Waals surface area contributed by atoms with E-state index in [1.165, 1.54) is 37.7 Å². The van der Waals surface area contributed by atoms with Gasteiger partial charge in [0.2, 0.25) is 0 Å². The van der Waals surface area contributed by atoms with Gasteiger partial charge >= 0.3 is 0 Å². The molecule has 1 saturated heterocycles. The molecular weight excluding hydrogens is 248 g/mol. The maximum atomic E-state index is 6.30. The third-order valence-corrected chi connectivity index (χ3v) is 4.22. The average molecular weight is 276 g/mol. The topological polar surface area (TPSA) is 38.5 Å². The minimum atomic E-state index is 0.126. The van der Waals surface area contributed by atoms with Crippen molar-refractivity contribution in [3.8, 4) is 5.75 Å². The predicted octanol–water partition coefficient (Wildman–Crippen LogP) is 3.35. The van der Waals surface area contributed by atoms with Gasteiger partial charge in [-0.2, -0.15) is 0 Å². The highest BCUT2D eigenvalue weighted by Gasteiger charge is 2.24. The number of benzene rings is 1. The zero-order valence-electron chi connectivity index (χ0n) is 12.8. The van der Waals surface area contributed by atoms with Crippen LogP contribution in [0.4, 0.5) is 0 Å². The SMILES string of the molecule is COc1cccc(C(C(C)N)N2CCCCCCC2)c1. The Bertz CT molecular complexity index is 398. The third-order valence-electron chi connectivity index (χ3n) is 4.22. The van der Waals surface area contributed by atoms with Gasteiger partial charge in [-0.05, 0) is 50.6 Å².